The normalized spacial score (nSPS) is 15.6. The van der Waals surface area contributed by atoms with Crippen LogP contribution in [0.3, 0.4) is 0 Å². The second kappa shape index (κ2) is 11.1. The van der Waals surface area contributed by atoms with Crippen LogP contribution >= 0.6 is 12.4 Å². The van der Waals surface area contributed by atoms with Gasteiger partial charge in [0.1, 0.15) is 0 Å². The van der Waals surface area contributed by atoms with Crippen LogP contribution in [0, 0.1) is 5.92 Å². The van der Waals surface area contributed by atoms with Gasteiger partial charge in [0.15, 0.2) is 17.3 Å². The fraction of sp³-hybridized carbons (Fsp3) is 0.600. The number of nitrogens with two attached hydrogens (primary N) is 1. The van der Waals surface area contributed by atoms with Gasteiger partial charge in [-0.2, -0.15) is 0 Å². The number of nitrogens with zero attached hydrogens (tertiary/aromatic N) is 1. The van der Waals surface area contributed by atoms with Gasteiger partial charge in [-0.1, -0.05) is 0 Å². The highest BCUT2D eigenvalue weighted by molar-refractivity contribution is 5.94. The molecule has 0 radical (unpaired) electrons. The Balaban J connectivity index is 0.00000364. The zero-order chi connectivity index (χ0) is 19.1. The summed E-state index contributed by atoms with van der Waals surface area (Å²) in [4.78, 5) is 25.7. The first-order valence-corrected chi connectivity index (χ1v) is 9.27. The van der Waals surface area contributed by atoms with E-state index in [-0.39, 0.29) is 30.1 Å². The van der Waals surface area contributed by atoms with Gasteiger partial charge in [-0.3, -0.25) is 9.59 Å². The molecule has 1 unspecified atom stereocenters. The van der Waals surface area contributed by atoms with Crippen molar-refractivity contribution in [3.05, 3.63) is 23.8 Å². The molecule has 0 saturated carbocycles. The second-order valence-electron chi connectivity index (χ2n) is 6.95. The lowest BCUT2D eigenvalue weighted by molar-refractivity contribution is -0.132. The standard InChI is InChI=1S/C20H30N2O4.ClH/c1-14(21)16-8-10-22(11-9-16)20(24)5-4-12-26-18-7-6-17(15(2)23)13-19(18)25-3;/h6-7,13-14,16H,4-5,8-12,21H2,1-3H3;1H. The molecule has 1 aromatic carbocycles. The SMILES string of the molecule is COc1cc(C(C)=O)ccc1OCCCC(=O)N1CCC(C(C)N)CC1.Cl. The van der Waals surface area contributed by atoms with Gasteiger partial charge in [-0.15, -0.1) is 12.4 Å². The van der Waals surface area contributed by atoms with E-state index in [0.717, 1.165) is 25.9 Å². The van der Waals surface area contributed by atoms with Crippen molar-refractivity contribution in [1.82, 2.24) is 4.90 Å². The minimum Gasteiger partial charge on any atom is -0.493 e. The molecule has 6 nitrogen and oxygen atoms in total. The summed E-state index contributed by atoms with van der Waals surface area (Å²) in [6.07, 6.45) is 3.08. The van der Waals surface area contributed by atoms with Gasteiger partial charge in [-0.25, -0.2) is 0 Å². The van der Waals surface area contributed by atoms with Gasteiger partial charge < -0.3 is 20.1 Å². The fourth-order valence-electron chi connectivity index (χ4n) is 3.24. The van der Waals surface area contributed by atoms with Gasteiger partial charge in [0.05, 0.1) is 13.7 Å². The molecule has 1 saturated heterocycles. The quantitative estimate of drug-likeness (QED) is 0.537. The van der Waals surface area contributed by atoms with Gasteiger partial charge in [0, 0.05) is 31.1 Å². The summed E-state index contributed by atoms with van der Waals surface area (Å²) in [5.41, 5.74) is 6.53. The summed E-state index contributed by atoms with van der Waals surface area (Å²) in [5.74, 6) is 1.79. The van der Waals surface area contributed by atoms with Crippen molar-refractivity contribution in [2.75, 3.05) is 26.8 Å². The van der Waals surface area contributed by atoms with Crippen LogP contribution in [0.1, 0.15) is 49.9 Å². The van der Waals surface area contributed by atoms with Crippen LogP contribution in [-0.2, 0) is 4.79 Å². The van der Waals surface area contributed by atoms with Crippen molar-refractivity contribution >= 4 is 24.1 Å². The molecule has 2 N–H and O–H groups in total. The van der Waals surface area contributed by atoms with Gasteiger partial charge in [0.2, 0.25) is 5.91 Å². The molecule has 1 fully saturated rings. The minimum atomic E-state index is -0.0201. The predicted molar refractivity (Wildman–Crippen MR) is 108 cm³/mol. The monoisotopic (exact) mass is 398 g/mol. The fourth-order valence-corrected chi connectivity index (χ4v) is 3.24. The number of amides is 1. The molecule has 27 heavy (non-hydrogen) atoms. The first kappa shape index (κ1) is 23.2. The highest BCUT2D eigenvalue weighted by Crippen LogP contribution is 2.28. The molecule has 1 atom stereocenters. The van der Waals surface area contributed by atoms with Crippen molar-refractivity contribution in [3.63, 3.8) is 0 Å². The molecule has 1 amide bonds. The van der Waals surface area contributed by atoms with Crippen molar-refractivity contribution in [2.24, 2.45) is 11.7 Å². The van der Waals surface area contributed by atoms with Crippen molar-refractivity contribution in [1.29, 1.82) is 0 Å². The Morgan fingerprint density at radius 3 is 2.48 bits per heavy atom. The van der Waals surface area contributed by atoms with Crippen molar-refractivity contribution < 1.29 is 19.1 Å². The number of piperidine rings is 1. The number of hydrogen-bond acceptors (Lipinski definition) is 5. The summed E-state index contributed by atoms with van der Waals surface area (Å²) in [6.45, 7) is 5.57. The number of halogens is 1. The van der Waals surface area contributed by atoms with Crippen LogP contribution in [0.25, 0.3) is 0 Å². The topological polar surface area (TPSA) is 81.9 Å². The summed E-state index contributed by atoms with van der Waals surface area (Å²) in [6, 6.07) is 5.32. The second-order valence-corrected chi connectivity index (χ2v) is 6.95. The number of hydrogen-bond donors (Lipinski definition) is 1. The molecule has 1 aromatic rings. The third kappa shape index (κ3) is 6.70. The van der Waals surface area contributed by atoms with Crippen LogP contribution < -0.4 is 15.2 Å². The van der Waals surface area contributed by atoms with E-state index >= 15 is 0 Å². The average molecular weight is 399 g/mol. The number of ketones is 1. The molecule has 0 bridgehead atoms. The highest BCUT2D eigenvalue weighted by Gasteiger charge is 2.24. The molecule has 1 aliphatic rings. The van der Waals surface area contributed by atoms with Crippen LogP contribution in [0.15, 0.2) is 18.2 Å². The number of benzene rings is 1. The number of likely N-dealkylation sites (tertiary alicyclic amines) is 1. The Morgan fingerprint density at radius 1 is 1.26 bits per heavy atom. The van der Waals surface area contributed by atoms with Crippen molar-refractivity contribution in [2.45, 2.75) is 45.6 Å². The van der Waals surface area contributed by atoms with E-state index in [9.17, 15) is 9.59 Å². The number of methoxy groups -OCH3 is 1. The molecular formula is C20H31ClN2O4. The Morgan fingerprint density at radius 2 is 1.93 bits per heavy atom. The van der Waals surface area contributed by atoms with Crippen LogP contribution in [0.4, 0.5) is 0 Å². The lowest BCUT2D eigenvalue weighted by atomic mass is 9.91. The zero-order valence-electron chi connectivity index (χ0n) is 16.4. The van der Waals surface area contributed by atoms with Crippen LogP contribution in [0.2, 0.25) is 0 Å². The smallest absolute Gasteiger partial charge is 0.222 e. The maximum atomic E-state index is 12.3. The van der Waals surface area contributed by atoms with E-state index in [2.05, 4.69) is 0 Å². The van der Waals surface area contributed by atoms with Crippen LogP contribution in [0.5, 0.6) is 11.5 Å². The summed E-state index contributed by atoms with van der Waals surface area (Å²) in [7, 11) is 1.54. The molecule has 1 heterocycles. The number of carbonyl (C=O) groups excluding carboxylic acids is 2. The molecule has 1 aliphatic heterocycles. The van der Waals surface area contributed by atoms with Gasteiger partial charge in [-0.05, 0) is 57.2 Å². The first-order chi connectivity index (χ1) is 12.4. The molecule has 7 heteroatoms. The molecule has 0 aliphatic carbocycles. The number of rotatable bonds is 8. The molecule has 152 valence electrons. The molecule has 0 aromatic heterocycles. The van der Waals surface area contributed by atoms with Gasteiger partial charge >= 0.3 is 0 Å². The van der Waals surface area contributed by atoms with E-state index in [1.54, 1.807) is 25.3 Å². The summed E-state index contributed by atoms with van der Waals surface area (Å²) >= 11 is 0. The highest BCUT2D eigenvalue weighted by atomic mass is 35.5. The number of Topliss-reactive ketones (excluding diaryl/α,β-unsaturated/α-hetero) is 1. The number of carbonyl (C=O) groups is 2. The van der Waals surface area contributed by atoms with Crippen molar-refractivity contribution in [3.8, 4) is 11.5 Å². The Bertz CT molecular complexity index is 628. The lowest BCUT2D eigenvalue weighted by Crippen LogP contribution is -2.42. The Hall–Kier alpha value is -1.79. The molecule has 2 rings (SSSR count). The summed E-state index contributed by atoms with van der Waals surface area (Å²) < 4.78 is 11.0. The Kier molecular flexibility index (Phi) is 9.60. The first-order valence-electron chi connectivity index (χ1n) is 9.27. The third-order valence-corrected chi connectivity index (χ3v) is 5.00. The Labute approximate surface area is 167 Å². The lowest BCUT2D eigenvalue weighted by Gasteiger charge is -2.33. The maximum absolute atomic E-state index is 12.3. The number of ether oxygens (including phenoxy) is 2. The van der Waals surface area contributed by atoms with E-state index in [4.69, 9.17) is 15.2 Å². The van der Waals surface area contributed by atoms with Crippen LogP contribution in [-0.4, -0.2) is 49.4 Å². The van der Waals surface area contributed by atoms with E-state index in [1.807, 2.05) is 11.8 Å². The van der Waals surface area contributed by atoms with E-state index in [1.165, 1.54) is 6.92 Å². The van der Waals surface area contributed by atoms with E-state index in [0.29, 0.717) is 42.4 Å². The predicted octanol–water partition coefficient (Wildman–Crippen LogP) is 3.06. The maximum Gasteiger partial charge on any atom is 0.222 e. The minimum absolute atomic E-state index is 0. The van der Waals surface area contributed by atoms with Gasteiger partial charge in [0.25, 0.3) is 0 Å². The molecular weight excluding hydrogens is 368 g/mol. The average Bonchev–Trinajstić information content (AvgIpc) is 2.64. The zero-order valence-corrected chi connectivity index (χ0v) is 17.2. The van der Waals surface area contributed by atoms with E-state index < -0.39 is 0 Å². The summed E-state index contributed by atoms with van der Waals surface area (Å²) in [5, 5.41) is 0. The largest absolute Gasteiger partial charge is 0.493 e. The third-order valence-electron chi connectivity index (χ3n) is 5.00. The molecule has 0 spiro atoms.